The molecule has 0 bridgehead atoms. The van der Waals surface area contributed by atoms with Crippen molar-refractivity contribution in [2.24, 2.45) is 5.92 Å². The fraction of sp³-hybridized carbons (Fsp3) is 0.538. The van der Waals surface area contributed by atoms with E-state index in [1.165, 1.54) is 11.3 Å². The monoisotopic (exact) mass is 296 g/mol. The van der Waals surface area contributed by atoms with Gasteiger partial charge in [0.15, 0.2) is 0 Å². The Hall–Kier alpha value is -1.76. The molecule has 110 valence electrons. The molecule has 1 fully saturated rings. The van der Waals surface area contributed by atoms with Crippen molar-refractivity contribution < 1.29 is 9.59 Å². The van der Waals surface area contributed by atoms with Crippen molar-refractivity contribution in [1.29, 1.82) is 0 Å². The maximum atomic E-state index is 12.1. The average molecular weight is 296 g/mol. The highest BCUT2D eigenvalue weighted by atomic mass is 32.1. The van der Waals surface area contributed by atoms with E-state index in [1.807, 2.05) is 0 Å². The van der Waals surface area contributed by atoms with Gasteiger partial charge in [-0.2, -0.15) is 0 Å². The Morgan fingerprint density at radius 2 is 1.95 bits per heavy atom. The van der Waals surface area contributed by atoms with E-state index in [-0.39, 0.29) is 17.5 Å². The fourth-order valence-corrected chi connectivity index (χ4v) is 3.60. The number of nitrogen functional groups attached to an aromatic ring is 1. The molecule has 6 nitrogen and oxygen atoms in total. The van der Waals surface area contributed by atoms with Crippen molar-refractivity contribution in [1.82, 2.24) is 10.6 Å². The van der Waals surface area contributed by atoms with Crippen LogP contribution in [0, 0.1) is 5.92 Å². The molecule has 1 aromatic rings. The van der Waals surface area contributed by atoms with Crippen LogP contribution in [0.2, 0.25) is 0 Å². The zero-order valence-electron chi connectivity index (χ0n) is 11.9. The lowest BCUT2D eigenvalue weighted by atomic mass is 10.2. The second kappa shape index (κ2) is 5.70. The van der Waals surface area contributed by atoms with E-state index in [1.54, 1.807) is 14.1 Å². The molecule has 0 radical (unpaired) electrons. The molecule has 2 amide bonds. The lowest BCUT2D eigenvalue weighted by molar-refractivity contribution is 0.0963. The normalized spacial score (nSPS) is 18.1. The Labute approximate surface area is 122 Å². The van der Waals surface area contributed by atoms with Crippen molar-refractivity contribution in [3.63, 3.8) is 0 Å². The zero-order chi connectivity index (χ0) is 14.9. The highest BCUT2D eigenvalue weighted by Gasteiger charge is 2.30. The molecule has 1 atom stereocenters. The number of hydrogen-bond acceptors (Lipinski definition) is 5. The van der Waals surface area contributed by atoms with Gasteiger partial charge in [0.1, 0.15) is 9.88 Å². The van der Waals surface area contributed by atoms with Crippen molar-refractivity contribution in [2.45, 2.75) is 13.3 Å². The Morgan fingerprint density at radius 1 is 1.30 bits per heavy atom. The summed E-state index contributed by atoms with van der Waals surface area (Å²) in [6.45, 7) is 3.95. The van der Waals surface area contributed by atoms with E-state index in [9.17, 15) is 9.59 Å². The van der Waals surface area contributed by atoms with E-state index < -0.39 is 0 Å². The Morgan fingerprint density at radius 3 is 2.45 bits per heavy atom. The lowest BCUT2D eigenvalue weighted by Gasteiger charge is -2.17. The van der Waals surface area contributed by atoms with Crippen LogP contribution in [0.3, 0.4) is 0 Å². The molecule has 1 unspecified atom stereocenters. The summed E-state index contributed by atoms with van der Waals surface area (Å²) in [6, 6.07) is 0. The number of thiophene rings is 1. The second-order valence-corrected chi connectivity index (χ2v) is 6.02. The number of rotatable bonds is 3. The predicted molar refractivity (Wildman–Crippen MR) is 81.5 cm³/mol. The molecule has 1 aromatic heterocycles. The maximum absolute atomic E-state index is 12.1. The molecule has 0 saturated carbocycles. The number of nitrogens with one attached hydrogen (secondary N) is 2. The molecule has 0 spiro atoms. The Kier molecular flexibility index (Phi) is 4.17. The number of hydrogen-bond donors (Lipinski definition) is 3. The van der Waals surface area contributed by atoms with Crippen molar-refractivity contribution in [3.05, 3.63) is 10.4 Å². The highest BCUT2D eigenvalue weighted by Crippen LogP contribution is 2.40. The van der Waals surface area contributed by atoms with Crippen LogP contribution in [-0.2, 0) is 0 Å². The summed E-state index contributed by atoms with van der Waals surface area (Å²) in [5.74, 6) is 0.0823. The SMILES string of the molecule is CNC(=O)c1sc(N2CCC(C)C2)c(C(=O)NC)c1N. The molecular formula is C13H20N4O2S. The smallest absolute Gasteiger partial charge is 0.263 e. The molecule has 2 heterocycles. The van der Waals surface area contributed by atoms with Crippen LogP contribution in [0.15, 0.2) is 0 Å². The number of anilines is 2. The minimum Gasteiger partial charge on any atom is -0.397 e. The molecule has 1 saturated heterocycles. The number of nitrogens with two attached hydrogens (primary N) is 1. The molecule has 7 heteroatoms. The second-order valence-electron chi connectivity index (χ2n) is 5.02. The molecule has 0 aromatic carbocycles. The third-order valence-electron chi connectivity index (χ3n) is 3.53. The number of nitrogens with zero attached hydrogens (tertiary/aromatic N) is 1. The maximum Gasteiger partial charge on any atom is 0.263 e. The largest absolute Gasteiger partial charge is 0.397 e. The van der Waals surface area contributed by atoms with Crippen LogP contribution in [0.4, 0.5) is 10.7 Å². The van der Waals surface area contributed by atoms with Crippen LogP contribution >= 0.6 is 11.3 Å². The van der Waals surface area contributed by atoms with Crippen LogP contribution in [0.5, 0.6) is 0 Å². The molecule has 20 heavy (non-hydrogen) atoms. The van der Waals surface area contributed by atoms with Gasteiger partial charge in [-0.05, 0) is 12.3 Å². The topological polar surface area (TPSA) is 87.5 Å². The minimum atomic E-state index is -0.254. The van der Waals surface area contributed by atoms with E-state index >= 15 is 0 Å². The Bertz CT molecular complexity index is 541. The summed E-state index contributed by atoms with van der Waals surface area (Å²) in [5.41, 5.74) is 6.71. The molecule has 4 N–H and O–H groups in total. The molecule has 1 aliphatic rings. The van der Waals surface area contributed by atoms with Gasteiger partial charge in [0.05, 0.1) is 11.3 Å². The lowest BCUT2D eigenvalue weighted by Crippen LogP contribution is -2.25. The Balaban J connectivity index is 2.48. The van der Waals surface area contributed by atoms with Crippen molar-refractivity contribution in [2.75, 3.05) is 37.8 Å². The third-order valence-corrected chi connectivity index (χ3v) is 4.79. The number of carbonyl (C=O) groups excluding carboxylic acids is 2. The van der Waals surface area contributed by atoms with Gasteiger partial charge in [-0.15, -0.1) is 11.3 Å². The molecule has 2 rings (SSSR count). The summed E-state index contributed by atoms with van der Waals surface area (Å²) in [5, 5.41) is 5.95. The molecule has 1 aliphatic heterocycles. The predicted octanol–water partition coefficient (Wildman–Crippen LogP) is 0.896. The van der Waals surface area contributed by atoms with Crippen molar-refractivity contribution >= 4 is 33.8 Å². The van der Waals surface area contributed by atoms with Crippen LogP contribution < -0.4 is 21.3 Å². The van der Waals surface area contributed by atoms with Gasteiger partial charge < -0.3 is 21.3 Å². The first-order chi connectivity index (χ1) is 9.49. The van der Waals surface area contributed by atoms with Gasteiger partial charge in [0.2, 0.25) is 0 Å². The molecular weight excluding hydrogens is 276 g/mol. The summed E-state index contributed by atoms with van der Waals surface area (Å²) >= 11 is 1.29. The average Bonchev–Trinajstić information content (AvgIpc) is 3.01. The first-order valence-corrected chi connectivity index (χ1v) is 7.42. The van der Waals surface area contributed by atoms with Crippen molar-refractivity contribution in [3.8, 4) is 0 Å². The standard InChI is InChI=1S/C13H20N4O2S/c1-7-4-5-17(6-7)13-8(11(18)15-2)9(14)10(20-13)12(19)16-3/h7H,4-6,14H2,1-3H3,(H,15,18)(H,16,19). The molecule has 0 aliphatic carbocycles. The van der Waals surface area contributed by atoms with E-state index in [4.69, 9.17) is 5.73 Å². The van der Waals surface area contributed by atoms with Gasteiger partial charge in [-0.25, -0.2) is 0 Å². The van der Waals surface area contributed by atoms with E-state index in [0.29, 0.717) is 16.4 Å². The van der Waals surface area contributed by atoms with Gasteiger partial charge in [0, 0.05) is 27.2 Å². The minimum absolute atomic E-state index is 0.247. The van der Waals surface area contributed by atoms with Gasteiger partial charge in [-0.1, -0.05) is 6.92 Å². The third kappa shape index (κ3) is 2.45. The fourth-order valence-electron chi connectivity index (χ4n) is 2.40. The van der Waals surface area contributed by atoms with Crippen LogP contribution in [-0.4, -0.2) is 39.0 Å². The van der Waals surface area contributed by atoms with E-state index in [2.05, 4.69) is 22.5 Å². The number of carbonyl (C=O) groups is 2. The van der Waals surface area contributed by atoms with Gasteiger partial charge in [-0.3, -0.25) is 9.59 Å². The summed E-state index contributed by atoms with van der Waals surface area (Å²) in [7, 11) is 3.12. The summed E-state index contributed by atoms with van der Waals surface area (Å²) < 4.78 is 0. The zero-order valence-corrected chi connectivity index (χ0v) is 12.8. The van der Waals surface area contributed by atoms with Crippen LogP contribution in [0.1, 0.15) is 33.4 Å². The first-order valence-electron chi connectivity index (χ1n) is 6.61. The van der Waals surface area contributed by atoms with Gasteiger partial charge in [0.25, 0.3) is 11.8 Å². The first kappa shape index (κ1) is 14.6. The quantitative estimate of drug-likeness (QED) is 0.773. The van der Waals surface area contributed by atoms with E-state index in [0.717, 1.165) is 24.5 Å². The summed E-state index contributed by atoms with van der Waals surface area (Å²) in [6.07, 6.45) is 1.08. The summed E-state index contributed by atoms with van der Waals surface area (Å²) in [4.78, 5) is 26.5. The van der Waals surface area contributed by atoms with Gasteiger partial charge >= 0.3 is 0 Å². The van der Waals surface area contributed by atoms with Crippen LogP contribution in [0.25, 0.3) is 0 Å². The number of amides is 2. The highest BCUT2D eigenvalue weighted by molar-refractivity contribution is 7.19.